The van der Waals surface area contributed by atoms with Crippen molar-refractivity contribution in [2.45, 2.75) is 39.2 Å². The van der Waals surface area contributed by atoms with Gasteiger partial charge in [-0.1, -0.05) is 42.3 Å². The van der Waals surface area contributed by atoms with Crippen molar-refractivity contribution in [1.29, 1.82) is 0 Å². The van der Waals surface area contributed by atoms with E-state index in [4.69, 9.17) is 27.9 Å². The van der Waals surface area contributed by atoms with Crippen LogP contribution in [0.4, 0.5) is 0 Å². The maximum Gasteiger partial charge on any atom is 0.166 e. The van der Waals surface area contributed by atoms with E-state index in [0.717, 1.165) is 28.9 Å². The van der Waals surface area contributed by atoms with Gasteiger partial charge in [0.05, 0.1) is 5.56 Å². The number of aromatic nitrogens is 2. The molecular formula is C16H16Cl2N2O. The van der Waals surface area contributed by atoms with Crippen molar-refractivity contribution in [3.05, 3.63) is 39.6 Å². The van der Waals surface area contributed by atoms with Gasteiger partial charge in [0.25, 0.3) is 0 Å². The molecule has 1 aliphatic rings. The van der Waals surface area contributed by atoms with Gasteiger partial charge in [-0.15, -0.1) is 0 Å². The molecule has 1 aromatic carbocycles. The SMILES string of the molecule is CCc1c(Cl)nc(-c2cccc3c2OC(C)(C)C3)nc1Cl. The molecule has 0 saturated carbocycles. The third-order valence-electron chi connectivity index (χ3n) is 3.59. The van der Waals surface area contributed by atoms with E-state index in [1.165, 1.54) is 0 Å². The lowest BCUT2D eigenvalue weighted by Crippen LogP contribution is -2.24. The second-order valence-electron chi connectivity index (χ2n) is 5.79. The van der Waals surface area contributed by atoms with Crippen LogP contribution in [-0.2, 0) is 12.8 Å². The number of halogens is 2. The first-order chi connectivity index (χ1) is 9.91. The predicted molar refractivity (Wildman–Crippen MR) is 85.3 cm³/mol. The van der Waals surface area contributed by atoms with Crippen LogP contribution in [0.3, 0.4) is 0 Å². The molecule has 21 heavy (non-hydrogen) atoms. The lowest BCUT2D eigenvalue weighted by Gasteiger charge is -2.18. The molecule has 0 bridgehead atoms. The Bertz CT molecular complexity index is 690. The maximum atomic E-state index is 6.22. The van der Waals surface area contributed by atoms with Gasteiger partial charge in [0.2, 0.25) is 0 Å². The molecule has 0 N–H and O–H groups in total. The molecule has 1 aromatic heterocycles. The Morgan fingerprint density at radius 1 is 1.19 bits per heavy atom. The number of fused-ring (bicyclic) bond motifs is 1. The van der Waals surface area contributed by atoms with Gasteiger partial charge in [0.15, 0.2) is 5.82 Å². The van der Waals surface area contributed by atoms with Crippen LogP contribution in [0.1, 0.15) is 31.9 Å². The third kappa shape index (κ3) is 2.60. The fraction of sp³-hybridized carbons (Fsp3) is 0.375. The van der Waals surface area contributed by atoms with Crippen molar-refractivity contribution < 1.29 is 4.74 Å². The van der Waals surface area contributed by atoms with Crippen molar-refractivity contribution in [2.24, 2.45) is 0 Å². The molecule has 0 saturated heterocycles. The molecule has 3 rings (SSSR count). The highest BCUT2D eigenvalue weighted by molar-refractivity contribution is 6.34. The van der Waals surface area contributed by atoms with Gasteiger partial charge in [0, 0.05) is 12.0 Å². The molecule has 0 radical (unpaired) electrons. The van der Waals surface area contributed by atoms with Crippen molar-refractivity contribution in [3.8, 4) is 17.1 Å². The van der Waals surface area contributed by atoms with E-state index in [9.17, 15) is 0 Å². The summed E-state index contributed by atoms with van der Waals surface area (Å²) in [5.74, 6) is 1.34. The van der Waals surface area contributed by atoms with Crippen LogP contribution in [0.15, 0.2) is 18.2 Å². The summed E-state index contributed by atoms with van der Waals surface area (Å²) in [6.45, 7) is 6.11. The molecule has 3 nitrogen and oxygen atoms in total. The van der Waals surface area contributed by atoms with Gasteiger partial charge in [0.1, 0.15) is 21.7 Å². The summed E-state index contributed by atoms with van der Waals surface area (Å²) < 4.78 is 6.05. The van der Waals surface area contributed by atoms with Gasteiger partial charge < -0.3 is 4.74 Å². The molecule has 0 aliphatic carbocycles. The summed E-state index contributed by atoms with van der Waals surface area (Å²) in [7, 11) is 0. The summed E-state index contributed by atoms with van der Waals surface area (Å²) in [6, 6.07) is 5.99. The van der Waals surface area contributed by atoms with E-state index in [1.54, 1.807) is 0 Å². The van der Waals surface area contributed by atoms with Crippen molar-refractivity contribution in [3.63, 3.8) is 0 Å². The lowest BCUT2D eigenvalue weighted by atomic mass is 10.0. The fourth-order valence-electron chi connectivity index (χ4n) is 2.63. The largest absolute Gasteiger partial charge is 0.486 e. The first-order valence-electron chi connectivity index (χ1n) is 6.94. The van der Waals surface area contributed by atoms with E-state index < -0.39 is 0 Å². The van der Waals surface area contributed by atoms with Crippen molar-refractivity contribution in [1.82, 2.24) is 9.97 Å². The van der Waals surface area contributed by atoms with E-state index in [0.29, 0.717) is 22.6 Å². The second kappa shape index (κ2) is 5.15. The second-order valence-corrected chi connectivity index (χ2v) is 6.51. The van der Waals surface area contributed by atoms with Gasteiger partial charge in [-0.05, 0) is 31.9 Å². The number of ether oxygens (including phenoxy) is 1. The Morgan fingerprint density at radius 2 is 1.86 bits per heavy atom. The van der Waals surface area contributed by atoms with Crippen LogP contribution >= 0.6 is 23.2 Å². The first kappa shape index (κ1) is 14.6. The Morgan fingerprint density at radius 3 is 2.48 bits per heavy atom. The Balaban J connectivity index is 2.14. The molecule has 0 spiro atoms. The van der Waals surface area contributed by atoms with Crippen LogP contribution in [0, 0.1) is 0 Å². The molecule has 1 aliphatic heterocycles. The highest BCUT2D eigenvalue weighted by atomic mass is 35.5. The number of benzene rings is 1. The highest BCUT2D eigenvalue weighted by Crippen LogP contribution is 2.41. The Kier molecular flexibility index (Phi) is 3.58. The maximum absolute atomic E-state index is 6.22. The quantitative estimate of drug-likeness (QED) is 0.750. The molecule has 2 heterocycles. The molecule has 2 aromatic rings. The van der Waals surface area contributed by atoms with Crippen molar-refractivity contribution >= 4 is 23.2 Å². The molecule has 0 unspecified atom stereocenters. The zero-order valence-electron chi connectivity index (χ0n) is 12.2. The average molecular weight is 323 g/mol. The standard InChI is InChI=1S/C16H16Cl2N2O/c1-4-10-13(17)19-15(20-14(10)18)11-7-5-6-9-8-16(2,3)21-12(9)11/h5-7H,4,8H2,1-3H3. The summed E-state index contributed by atoms with van der Waals surface area (Å²) in [4.78, 5) is 8.78. The minimum atomic E-state index is -0.213. The van der Waals surface area contributed by atoms with Gasteiger partial charge in [-0.25, -0.2) is 9.97 Å². The predicted octanol–water partition coefficient (Wildman–Crippen LogP) is 4.73. The van der Waals surface area contributed by atoms with Gasteiger partial charge in [-0.3, -0.25) is 0 Å². The summed E-state index contributed by atoms with van der Waals surface area (Å²) in [6.07, 6.45) is 1.57. The molecule has 0 atom stereocenters. The average Bonchev–Trinajstić information content (AvgIpc) is 2.71. The summed E-state index contributed by atoms with van der Waals surface area (Å²) in [5.41, 5.74) is 2.56. The highest BCUT2D eigenvalue weighted by Gasteiger charge is 2.32. The lowest BCUT2D eigenvalue weighted by molar-refractivity contribution is 0.139. The third-order valence-corrected chi connectivity index (χ3v) is 4.22. The number of rotatable bonds is 2. The van der Waals surface area contributed by atoms with Crippen LogP contribution < -0.4 is 4.74 Å². The Labute approximate surface area is 134 Å². The molecule has 110 valence electrons. The van der Waals surface area contributed by atoms with Crippen LogP contribution in [0.5, 0.6) is 5.75 Å². The van der Waals surface area contributed by atoms with E-state index >= 15 is 0 Å². The van der Waals surface area contributed by atoms with E-state index in [-0.39, 0.29) is 5.60 Å². The normalized spacial score (nSPS) is 15.7. The van der Waals surface area contributed by atoms with Gasteiger partial charge in [-0.2, -0.15) is 0 Å². The fourth-order valence-corrected chi connectivity index (χ4v) is 3.29. The minimum Gasteiger partial charge on any atom is -0.486 e. The van der Waals surface area contributed by atoms with Gasteiger partial charge >= 0.3 is 0 Å². The van der Waals surface area contributed by atoms with Crippen LogP contribution in [0.25, 0.3) is 11.4 Å². The van der Waals surface area contributed by atoms with Crippen molar-refractivity contribution in [2.75, 3.05) is 0 Å². The minimum absolute atomic E-state index is 0.213. The topological polar surface area (TPSA) is 35.0 Å². The van der Waals surface area contributed by atoms with Crippen LogP contribution in [0.2, 0.25) is 10.3 Å². The zero-order valence-corrected chi connectivity index (χ0v) is 13.7. The smallest absolute Gasteiger partial charge is 0.166 e. The number of hydrogen-bond acceptors (Lipinski definition) is 3. The first-order valence-corrected chi connectivity index (χ1v) is 7.70. The summed E-state index contributed by atoms with van der Waals surface area (Å²) in [5, 5.41) is 0.810. The molecule has 0 amide bonds. The van der Waals surface area contributed by atoms with Crippen LogP contribution in [-0.4, -0.2) is 15.6 Å². The van der Waals surface area contributed by atoms with E-state index in [2.05, 4.69) is 29.9 Å². The summed E-state index contributed by atoms with van der Waals surface area (Å²) >= 11 is 12.4. The number of hydrogen-bond donors (Lipinski definition) is 0. The molecular weight excluding hydrogens is 307 g/mol. The van der Waals surface area contributed by atoms with E-state index in [1.807, 2.05) is 19.1 Å². The number of nitrogens with zero attached hydrogens (tertiary/aromatic N) is 2. The Hall–Kier alpha value is -1.32. The monoisotopic (exact) mass is 322 g/mol. The molecule has 0 fully saturated rings. The number of para-hydroxylation sites is 1. The zero-order chi connectivity index (χ0) is 15.2. The molecule has 5 heteroatoms.